The van der Waals surface area contributed by atoms with Crippen LogP contribution in [0.15, 0.2) is 71.8 Å². The van der Waals surface area contributed by atoms with E-state index in [4.69, 9.17) is 21.7 Å². The van der Waals surface area contributed by atoms with Crippen molar-refractivity contribution in [2.24, 2.45) is 0 Å². The van der Waals surface area contributed by atoms with Gasteiger partial charge in [0.2, 0.25) is 0 Å². The smallest absolute Gasteiger partial charge is 0.266 e. The normalized spacial score (nSPS) is 14.8. The second-order valence-corrected chi connectivity index (χ2v) is 9.74. The molecule has 0 N–H and O–H groups in total. The number of rotatable bonds is 7. The van der Waals surface area contributed by atoms with Gasteiger partial charge in [-0.25, -0.2) is 0 Å². The van der Waals surface area contributed by atoms with E-state index in [1.165, 1.54) is 11.8 Å². The van der Waals surface area contributed by atoms with Gasteiger partial charge in [0.05, 0.1) is 27.8 Å². The predicted octanol–water partition coefficient (Wildman–Crippen LogP) is 5.68. The Balaban J connectivity index is 1.54. The minimum atomic E-state index is -0.0895. The van der Waals surface area contributed by atoms with Gasteiger partial charge < -0.3 is 9.47 Å². The van der Waals surface area contributed by atoms with Gasteiger partial charge in [0.1, 0.15) is 10.9 Å². The third-order valence-corrected chi connectivity index (χ3v) is 6.88. The van der Waals surface area contributed by atoms with Gasteiger partial charge in [-0.1, -0.05) is 60.4 Å². The molecule has 1 amide bonds. The van der Waals surface area contributed by atoms with Gasteiger partial charge in [-0.2, -0.15) is 0 Å². The summed E-state index contributed by atoms with van der Waals surface area (Å²) >= 11 is 8.98. The van der Waals surface area contributed by atoms with E-state index in [9.17, 15) is 4.79 Å². The lowest BCUT2D eigenvalue weighted by Gasteiger charge is -2.14. The number of pyridine rings is 1. The molecule has 2 heterocycles. The number of carbonyl (C=O) groups excluding carboxylic acids is 1. The Kier molecular flexibility index (Phi) is 7.44. The molecule has 32 heavy (non-hydrogen) atoms. The number of ether oxygens (including phenoxy) is 2. The molecule has 162 valence electrons. The van der Waals surface area contributed by atoms with Gasteiger partial charge in [-0.05, 0) is 64.1 Å². The molecule has 1 aliphatic heterocycles. The number of hydrogen-bond acceptors (Lipinski definition) is 6. The number of thiocarbonyl (C=S) groups is 1. The standard InChI is InChI=1S/C24H19IN2O3S2/c1-29-20-12-17(11-19(25)22(20)30-15-18-9-5-6-10-26-18)13-21-23(28)27(24(31)32-21)14-16-7-3-2-4-8-16/h2-13H,14-15H2,1H3/b21-13+. The van der Waals surface area contributed by atoms with Crippen LogP contribution in [0.3, 0.4) is 0 Å². The Hall–Kier alpha value is -2.43. The van der Waals surface area contributed by atoms with E-state index in [1.807, 2.05) is 66.7 Å². The van der Waals surface area contributed by atoms with Gasteiger partial charge in [0.25, 0.3) is 5.91 Å². The number of aromatic nitrogens is 1. The lowest BCUT2D eigenvalue weighted by atomic mass is 10.1. The van der Waals surface area contributed by atoms with E-state index < -0.39 is 0 Å². The summed E-state index contributed by atoms with van der Waals surface area (Å²) < 4.78 is 13.0. The Bertz CT molecular complexity index is 1170. The minimum Gasteiger partial charge on any atom is -0.493 e. The summed E-state index contributed by atoms with van der Waals surface area (Å²) in [6.07, 6.45) is 3.58. The molecule has 3 aromatic rings. The molecule has 8 heteroatoms. The maximum atomic E-state index is 13.0. The Morgan fingerprint density at radius 1 is 1.16 bits per heavy atom. The lowest BCUT2D eigenvalue weighted by molar-refractivity contribution is -0.122. The van der Waals surface area contributed by atoms with Crippen LogP contribution in [0.2, 0.25) is 0 Å². The quantitative estimate of drug-likeness (QED) is 0.206. The number of thioether (sulfide) groups is 1. The van der Waals surface area contributed by atoms with Crippen molar-refractivity contribution in [3.05, 3.63) is 92.2 Å². The molecular formula is C24H19IN2O3S2. The summed E-state index contributed by atoms with van der Waals surface area (Å²) in [6.45, 7) is 0.800. The van der Waals surface area contributed by atoms with Crippen molar-refractivity contribution in [1.82, 2.24) is 9.88 Å². The zero-order chi connectivity index (χ0) is 22.5. The largest absolute Gasteiger partial charge is 0.493 e. The Labute approximate surface area is 210 Å². The molecule has 0 aliphatic carbocycles. The third kappa shape index (κ3) is 5.31. The van der Waals surface area contributed by atoms with Crippen LogP contribution in [0.1, 0.15) is 16.8 Å². The summed E-state index contributed by atoms with van der Waals surface area (Å²) in [7, 11) is 1.60. The van der Waals surface area contributed by atoms with Crippen molar-refractivity contribution in [3.63, 3.8) is 0 Å². The molecule has 0 radical (unpaired) electrons. The van der Waals surface area contributed by atoms with E-state index in [-0.39, 0.29) is 5.91 Å². The Morgan fingerprint density at radius 2 is 1.94 bits per heavy atom. The first-order chi connectivity index (χ1) is 15.5. The van der Waals surface area contributed by atoms with Crippen LogP contribution in [0.25, 0.3) is 6.08 Å². The summed E-state index contributed by atoms with van der Waals surface area (Å²) in [5.41, 5.74) is 2.71. The monoisotopic (exact) mass is 574 g/mol. The van der Waals surface area contributed by atoms with Crippen LogP contribution >= 0.6 is 46.6 Å². The van der Waals surface area contributed by atoms with Crippen LogP contribution < -0.4 is 9.47 Å². The maximum Gasteiger partial charge on any atom is 0.266 e. The summed E-state index contributed by atoms with van der Waals surface area (Å²) in [4.78, 5) is 19.5. The molecule has 2 aromatic carbocycles. The number of benzene rings is 2. The predicted molar refractivity (Wildman–Crippen MR) is 139 cm³/mol. The number of halogens is 1. The molecule has 1 saturated heterocycles. The van der Waals surface area contributed by atoms with E-state index in [0.717, 1.165) is 20.4 Å². The van der Waals surface area contributed by atoms with Crippen molar-refractivity contribution in [1.29, 1.82) is 0 Å². The van der Waals surface area contributed by atoms with Crippen molar-refractivity contribution in [2.45, 2.75) is 13.2 Å². The highest BCUT2D eigenvalue weighted by Crippen LogP contribution is 2.38. The van der Waals surface area contributed by atoms with Crippen molar-refractivity contribution in [3.8, 4) is 11.5 Å². The second kappa shape index (κ2) is 10.5. The highest BCUT2D eigenvalue weighted by atomic mass is 127. The molecule has 1 aliphatic rings. The number of methoxy groups -OCH3 is 1. The average molecular weight is 574 g/mol. The highest BCUT2D eigenvalue weighted by molar-refractivity contribution is 14.1. The van der Waals surface area contributed by atoms with Gasteiger partial charge in [0, 0.05) is 6.20 Å². The van der Waals surface area contributed by atoms with Crippen LogP contribution in [0.4, 0.5) is 0 Å². The number of carbonyl (C=O) groups is 1. The van der Waals surface area contributed by atoms with E-state index in [2.05, 4.69) is 27.6 Å². The second-order valence-electron chi connectivity index (χ2n) is 6.90. The van der Waals surface area contributed by atoms with Gasteiger partial charge in [-0.15, -0.1) is 0 Å². The Morgan fingerprint density at radius 3 is 2.66 bits per heavy atom. The number of amides is 1. The van der Waals surface area contributed by atoms with Crippen molar-refractivity contribution >= 4 is 62.9 Å². The van der Waals surface area contributed by atoms with E-state index in [1.54, 1.807) is 18.2 Å². The topological polar surface area (TPSA) is 51.7 Å². The maximum absolute atomic E-state index is 13.0. The van der Waals surface area contributed by atoms with Crippen molar-refractivity contribution < 1.29 is 14.3 Å². The highest BCUT2D eigenvalue weighted by Gasteiger charge is 2.32. The zero-order valence-electron chi connectivity index (χ0n) is 17.2. The SMILES string of the molecule is COc1cc(/C=C2/SC(=S)N(Cc3ccccc3)C2=O)cc(I)c1OCc1ccccn1. The molecule has 5 nitrogen and oxygen atoms in total. The van der Waals surface area contributed by atoms with Crippen LogP contribution in [0.5, 0.6) is 11.5 Å². The summed E-state index contributed by atoms with van der Waals surface area (Å²) in [6, 6.07) is 19.3. The molecule has 0 spiro atoms. The fraction of sp³-hybridized carbons (Fsp3) is 0.125. The van der Waals surface area contributed by atoms with Crippen molar-refractivity contribution in [2.75, 3.05) is 7.11 Å². The number of nitrogens with zero attached hydrogens (tertiary/aromatic N) is 2. The molecule has 1 fully saturated rings. The first-order valence-corrected chi connectivity index (χ1v) is 12.0. The molecule has 0 saturated carbocycles. The third-order valence-electron chi connectivity index (χ3n) is 4.70. The first-order valence-electron chi connectivity index (χ1n) is 9.74. The van der Waals surface area contributed by atoms with Gasteiger partial charge in [0.15, 0.2) is 11.5 Å². The minimum absolute atomic E-state index is 0.0895. The molecule has 0 bridgehead atoms. The van der Waals surface area contributed by atoms with Gasteiger partial charge in [-0.3, -0.25) is 14.7 Å². The molecule has 1 aromatic heterocycles. The molecule has 0 atom stereocenters. The van der Waals surface area contributed by atoms with Gasteiger partial charge >= 0.3 is 0 Å². The summed E-state index contributed by atoms with van der Waals surface area (Å²) in [5.74, 6) is 1.15. The molecule has 4 rings (SSSR count). The fourth-order valence-electron chi connectivity index (χ4n) is 3.15. The fourth-order valence-corrected chi connectivity index (χ4v) is 5.18. The van der Waals surface area contributed by atoms with E-state index in [0.29, 0.717) is 33.9 Å². The number of hydrogen-bond donors (Lipinski definition) is 0. The van der Waals surface area contributed by atoms with Crippen LogP contribution in [0, 0.1) is 3.57 Å². The molecule has 0 unspecified atom stereocenters. The molecular weight excluding hydrogens is 555 g/mol. The van der Waals surface area contributed by atoms with Crippen LogP contribution in [-0.2, 0) is 17.9 Å². The van der Waals surface area contributed by atoms with E-state index >= 15 is 0 Å². The van der Waals surface area contributed by atoms with Crippen LogP contribution in [-0.4, -0.2) is 27.2 Å². The lowest BCUT2D eigenvalue weighted by Crippen LogP contribution is -2.27. The summed E-state index contributed by atoms with van der Waals surface area (Å²) in [5, 5.41) is 0. The zero-order valence-corrected chi connectivity index (χ0v) is 20.9. The first kappa shape index (κ1) is 22.8. The average Bonchev–Trinajstić information content (AvgIpc) is 3.06.